The van der Waals surface area contributed by atoms with E-state index in [9.17, 15) is 40.0 Å². The fraction of sp³-hybridized carbons (Fsp3) is 0.556. The van der Waals surface area contributed by atoms with Gasteiger partial charge in [-0.15, -0.1) is 0 Å². The first-order chi connectivity index (χ1) is 56.6. The number of hydrogen-bond donors (Lipinski definition) is 7. The van der Waals surface area contributed by atoms with E-state index in [4.69, 9.17) is 31.7 Å². The second-order valence-electron chi connectivity index (χ2n) is 35.4. The number of methoxy groups -OCH3 is 2. The Labute approximate surface area is 730 Å². The molecule has 27 nitrogen and oxygen atoms in total. The van der Waals surface area contributed by atoms with E-state index in [0.717, 1.165) is 59.4 Å². The van der Waals surface area contributed by atoms with Crippen LogP contribution in [-0.2, 0) is 45.2 Å². The van der Waals surface area contributed by atoms with Crippen LogP contribution < -0.4 is 41.0 Å². The quantitative estimate of drug-likeness (QED) is 0.00920. The van der Waals surface area contributed by atoms with Crippen LogP contribution in [0.1, 0.15) is 124 Å². The van der Waals surface area contributed by atoms with Crippen molar-refractivity contribution in [3.63, 3.8) is 0 Å². The molecule has 119 heavy (non-hydrogen) atoms. The molecule has 8 N–H and O–H groups in total. The van der Waals surface area contributed by atoms with Crippen molar-refractivity contribution in [2.45, 2.75) is 168 Å². The molecule has 0 unspecified atom stereocenters. The second kappa shape index (κ2) is 42.5. The van der Waals surface area contributed by atoms with Gasteiger partial charge in [-0.25, -0.2) is 4.79 Å². The Morgan fingerprint density at radius 2 is 1.01 bits per heavy atom. The summed E-state index contributed by atoms with van der Waals surface area (Å²) in [6, 6.07) is 41.3. The molecule has 14 rings (SSSR count). The number of carbonyl (C=O) groups excluding carboxylic acids is 3. The molecule has 2 aliphatic heterocycles. The summed E-state index contributed by atoms with van der Waals surface area (Å²) in [6.45, 7) is 18.8. The number of aliphatic hydroxyl groups is 2. The van der Waals surface area contributed by atoms with E-state index < -0.39 is 54.3 Å². The number of benzene rings is 6. The van der Waals surface area contributed by atoms with Gasteiger partial charge in [-0.1, -0.05) is 149 Å². The molecule has 2 radical (unpaired) electrons. The minimum atomic E-state index is -1.04. The van der Waals surface area contributed by atoms with Crippen molar-refractivity contribution in [2.24, 2.45) is 74.1 Å². The van der Waals surface area contributed by atoms with Gasteiger partial charge >= 0.3 is 5.97 Å². The number of nitrogens with zero attached hydrogens (tertiary/aromatic N) is 12. The SMILES string of the molecule is CN(C)C[C@@H](N)Cc1ccccc1.COc1c(CN2O[C@@H](CN=[N+]=[N-])[C@@H]([C@H](C)O)[C@H]2C(=O)N[C@H]2C[C@H]3C[C@@H]([C@@H]2C)C3(C)C)cccc1-c1cc(C(=O)N[C@@H](Cc2ccccc2)CN(C)C)cc(N(C)C)c1.COc1c(CN2O[C@@H](CN=[N+]=[N-])[C@@H]([C@H](C)O)[C@H]2C(=O)N[C@H]2C[C@H]3C[C@@H]([C@@H]2C)C3(C)C)cccc1-c1cc(C(=O)O)cc(N(C)C)c1.[3H][B].[U]. The van der Waals surface area contributed by atoms with Crippen LogP contribution in [-0.4, -0.2) is 226 Å². The van der Waals surface area contributed by atoms with Gasteiger partial charge in [0, 0.05) is 166 Å². The molecule has 29 heteroatoms. The Morgan fingerprint density at radius 1 is 0.605 bits per heavy atom. The average Bonchev–Trinajstić information content (AvgIpc) is 0.758. The summed E-state index contributed by atoms with van der Waals surface area (Å²) in [5.41, 5.74) is 33.8. The Bertz CT molecular complexity index is 4500. The molecule has 0 aromatic heterocycles. The number of carboxylic acid groups (broad SMARTS) is 1. The number of para-hydroxylation sites is 2. The van der Waals surface area contributed by atoms with E-state index in [1.807, 2.05) is 151 Å². The third kappa shape index (κ3) is 22.9. The molecule has 8 fully saturated rings. The molecule has 6 aromatic carbocycles. The van der Waals surface area contributed by atoms with E-state index in [1.54, 1.807) is 50.3 Å². The van der Waals surface area contributed by atoms with E-state index >= 15 is 0 Å². The summed E-state index contributed by atoms with van der Waals surface area (Å²) in [5.74, 6) is 0.924. The van der Waals surface area contributed by atoms with E-state index in [2.05, 4.69) is 132 Å². The van der Waals surface area contributed by atoms with E-state index in [0.29, 0.717) is 82.2 Å². The number of fused-ring (bicyclic) bond motifs is 4. The Balaban J connectivity index is 0.000000257. The number of nitrogens with two attached hydrogens (primary N) is 1. The Kier molecular flexibility index (Phi) is 33.8. The van der Waals surface area contributed by atoms with Crippen molar-refractivity contribution >= 4 is 43.4 Å². The molecule has 18 atom stereocenters. The second-order valence-corrected chi connectivity index (χ2v) is 35.4. The number of aliphatic hydroxyl groups excluding tert-OH is 2. The molecule has 3 amide bonds. The van der Waals surface area contributed by atoms with Gasteiger partial charge in [-0.3, -0.25) is 24.1 Å². The Morgan fingerprint density at radius 3 is 1.37 bits per heavy atom. The molecule has 4 bridgehead atoms. The van der Waals surface area contributed by atoms with Crippen LogP contribution in [0.25, 0.3) is 43.1 Å². The molecule has 8 aliphatic rings. The number of aromatic carboxylic acids is 1. The molecule has 640 valence electrons. The number of anilines is 2. The van der Waals surface area contributed by atoms with Gasteiger partial charge in [0.2, 0.25) is 11.8 Å². The summed E-state index contributed by atoms with van der Waals surface area (Å²) in [6.07, 6.45) is 2.57. The topological polar surface area (TPSA) is 345 Å². The minimum Gasteiger partial charge on any atom is -0.496 e. The molecular formula is C90H127BN16O11U. The maximum absolute atomic E-state index is 14.4. The number of hydrogen-bond acceptors (Lipinski definition) is 19. The van der Waals surface area contributed by atoms with Crippen molar-refractivity contribution in [1.29, 1.82) is 1.34 Å². The van der Waals surface area contributed by atoms with Crippen LogP contribution in [0.2, 0.25) is 0 Å². The number of likely N-dealkylation sites (N-methyl/N-ethyl adjacent to an activating group) is 2. The van der Waals surface area contributed by atoms with Gasteiger partial charge in [0.15, 0.2) is 0 Å². The number of azide groups is 2. The Hall–Kier alpha value is -8.22. The zero-order chi connectivity index (χ0) is 87.1. The number of hydroxylamine groups is 4. The van der Waals surface area contributed by atoms with Crippen LogP contribution in [0, 0.1) is 89.3 Å². The predicted octanol–water partition coefficient (Wildman–Crippen LogP) is 11.9. The van der Waals surface area contributed by atoms with Crippen LogP contribution in [0.5, 0.6) is 11.5 Å². The summed E-state index contributed by atoms with van der Waals surface area (Å²) >= 11 is 0. The maximum atomic E-state index is 14.4. The van der Waals surface area contributed by atoms with Crippen molar-refractivity contribution in [1.82, 2.24) is 35.9 Å². The van der Waals surface area contributed by atoms with Gasteiger partial charge in [-0.2, -0.15) is 10.1 Å². The number of nitrogens with one attached hydrogen (secondary N) is 3. The first-order valence-electron chi connectivity index (χ1n) is 41.7. The molecular weight excluding hydrogens is 1730 g/mol. The summed E-state index contributed by atoms with van der Waals surface area (Å²) < 4.78 is 17.3. The molecule has 0 spiro atoms. The number of rotatable bonds is 31. The summed E-state index contributed by atoms with van der Waals surface area (Å²) in [7, 11) is 22.6. The first-order valence-corrected chi connectivity index (χ1v) is 41.1. The van der Waals surface area contributed by atoms with E-state index in [1.165, 1.54) is 18.4 Å². The first kappa shape index (κ1) is 94.6. The molecule has 6 aromatic rings. The van der Waals surface area contributed by atoms with Crippen molar-refractivity contribution in [3.8, 4) is 33.8 Å². The van der Waals surface area contributed by atoms with Gasteiger partial charge in [-0.05, 0) is 198 Å². The van der Waals surface area contributed by atoms with Crippen LogP contribution in [0.15, 0.2) is 144 Å². The normalized spacial score (nSPS) is 25.3. The van der Waals surface area contributed by atoms with Crippen molar-refractivity contribution < 1.29 is 84.8 Å². The van der Waals surface area contributed by atoms with E-state index in [-0.39, 0.29) is 116 Å². The zero-order valence-electron chi connectivity index (χ0n) is 73.7. The molecule has 2 heterocycles. The maximum Gasteiger partial charge on any atom is 0.335 e. The van der Waals surface area contributed by atoms with Gasteiger partial charge in [0.05, 0.1) is 70.4 Å². The number of amides is 3. The third-order valence-corrected chi connectivity index (χ3v) is 25.9. The predicted molar refractivity (Wildman–Crippen MR) is 465 cm³/mol. The van der Waals surface area contributed by atoms with Gasteiger partial charge in [0.25, 0.3) is 5.91 Å². The van der Waals surface area contributed by atoms with Crippen molar-refractivity contribution in [2.75, 3.05) is 107 Å². The average molecular weight is 1860 g/mol. The molecule has 6 saturated carbocycles. The fourth-order valence-electron chi connectivity index (χ4n) is 19.4. The smallest absolute Gasteiger partial charge is 0.335 e. The van der Waals surface area contributed by atoms with Gasteiger partial charge in [0.1, 0.15) is 23.6 Å². The number of carboxylic acids is 1. The standard InChI is InChI=1S/C45H62N8O5.C34H46N6O6.C11H18N2.BH.U/c1-27-37-22-33(45(37,3)4)23-38(27)49-44(56)41-40(28(2)54)39(24-47-50-46)58-53(41)25-30-16-13-17-36(42(30)57-9)31-19-32(21-35(20-31)52(7)8)43(55)48-34(26-51(5)6)18-29-14-11-10-12-15-29;1-18-26-14-23(34(26,3)4)15-27(18)37-32(42)30-29(19(2)41)28(16-36-38-35)46-40(30)17-20-9-8-10-25(31(20)45-7)21-11-22(33(43)44)13-24(12-21)39(5)6;1-13(2)9-11(12)8-10-6-4-3-5-7-10;;/h10-17,19-21,27-28,33-34,37-41,54H,18,22-26H2,1-9H3,(H,48,55)(H,49,56);8-13,18-19,23,26-30,41H,14-17H2,1-7H3,(H,37,42)(H,43,44);3-7,11H,8-9,12H2,1-2H3;1H;/t27-,28-,33+,34-,37-,38-,39-,40+,41-;18-,19-,23+,26-,27-,28-,29+,30-;11-;;/m000../s1/i;;;1T;. The van der Waals surface area contributed by atoms with Crippen molar-refractivity contribution in [3.05, 3.63) is 188 Å². The van der Waals surface area contributed by atoms with Gasteiger partial charge < -0.3 is 66.1 Å². The fourth-order valence-corrected chi connectivity index (χ4v) is 19.4. The largest absolute Gasteiger partial charge is 0.496 e. The van der Waals surface area contributed by atoms with Crippen LogP contribution in [0.4, 0.5) is 11.4 Å². The zero-order valence-corrected chi connectivity index (χ0v) is 76.9. The van der Waals surface area contributed by atoms with Crippen LogP contribution >= 0.6 is 0 Å². The monoisotopic (exact) mass is 1860 g/mol. The number of carbonyl (C=O) groups is 4. The summed E-state index contributed by atoms with van der Waals surface area (Å²) in [5, 5.41) is 52.5. The molecule has 2 saturated heterocycles. The van der Waals surface area contributed by atoms with Crippen LogP contribution in [0.3, 0.4) is 0 Å². The number of ether oxygens (including phenoxy) is 2. The third-order valence-electron chi connectivity index (χ3n) is 25.9. The minimum absolute atomic E-state index is 0. The molecule has 6 aliphatic carbocycles. The summed E-state index contributed by atoms with van der Waals surface area (Å²) in [4.78, 5) is 81.2.